The van der Waals surface area contributed by atoms with Gasteiger partial charge >= 0.3 is 0 Å². The minimum atomic E-state index is -0.105. The lowest BCUT2D eigenvalue weighted by Crippen LogP contribution is -2.42. The van der Waals surface area contributed by atoms with E-state index in [1.54, 1.807) is 6.20 Å². The van der Waals surface area contributed by atoms with Crippen LogP contribution < -0.4 is 16.0 Å². The number of anilines is 1. The third-order valence-corrected chi connectivity index (χ3v) is 6.72. The Morgan fingerprint density at radius 1 is 1.27 bits per heavy atom. The Hall–Kier alpha value is -1.90. The molecule has 2 fully saturated rings. The zero-order valence-corrected chi connectivity index (χ0v) is 16.0. The fraction of sp³-hybridized carbons (Fsp3) is 0.389. The number of fused-ring (bicyclic) bond motifs is 2. The Morgan fingerprint density at radius 2 is 2.08 bits per heavy atom. The van der Waals surface area contributed by atoms with Gasteiger partial charge in [-0.3, -0.25) is 9.59 Å². The van der Waals surface area contributed by atoms with E-state index < -0.39 is 0 Å². The fourth-order valence-corrected chi connectivity index (χ4v) is 5.44. The molecule has 3 N–H and O–H groups in total. The molecule has 2 saturated heterocycles. The molecule has 2 aromatic rings. The van der Waals surface area contributed by atoms with Crippen molar-refractivity contribution in [3.05, 3.63) is 36.0 Å². The third-order valence-electron chi connectivity index (χ3n) is 4.72. The van der Waals surface area contributed by atoms with Crippen molar-refractivity contribution in [2.45, 2.75) is 53.5 Å². The molecule has 0 aliphatic carbocycles. The van der Waals surface area contributed by atoms with Crippen molar-refractivity contribution in [2.24, 2.45) is 0 Å². The van der Waals surface area contributed by atoms with Gasteiger partial charge in [0.15, 0.2) is 4.34 Å². The van der Waals surface area contributed by atoms with Gasteiger partial charge in [-0.1, -0.05) is 23.1 Å². The molecule has 2 amide bonds. The smallest absolute Gasteiger partial charge is 0.251 e. The second-order valence-electron chi connectivity index (χ2n) is 6.66. The lowest BCUT2D eigenvalue weighted by molar-refractivity contribution is -0.114. The zero-order chi connectivity index (χ0) is 18.1. The van der Waals surface area contributed by atoms with E-state index in [2.05, 4.69) is 20.9 Å². The molecule has 1 aromatic heterocycles. The first-order chi connectivity index (χ1) is 12.6. The van der Waals surface area contributed by atoms with Gasteiger partial charge in [-0.25, -0.2) is 4.98 Å². The SMILES string of the molecule is CC(=O)Nc1cnc(Sc2ccc(C(=O)N[C@@H]3C[C@H]4CC[C@@H]3N4)cc2)s1. The predicted molar refractivity (Wildman–Crippen MR) is 103 cm³/mol. The van der Waals surface area contributed by atoms with Crippen molar-refractivity contribution >= 4 is 39.9 Å². The van der Waals surface area contributed by atoms with Crippen LogP contribution in [0.15, 0.2) is 39.7 Å². The average Bonchev–Trinajstić information content (AvgIpc) is 3.32. The molecular weight excluding hydrogens is 368 g/mol. The van der Waals surface area contributed by atoms with Gasteiger partial charge in [0.1, 0.15) is 5.00 Å². The van der Waals surface area contributed by atoms with Gasteiger partial charge in [0.2, 0.25) is 5.91 Å². The van der Waals surface area contributed by atoms with Gasteiger partial charge in [0, 0.05) is 35.5 Å². The summed E-state index contributed by atoms with van der Waals surface area (Å²) in [5.74, 6) is -0.116. The summed E-state index contributed by atoms with van der Waals surface area (Å²) in [6.45, 7) is 1.48. The Labute approximate surface area is 160 Å². The second-order valence-corrected chi connectivity index (χ2v) is 9.01. The molecule has 3 heterocycles. The number of carbonyl (C=O) groups excluding carboxylic acids is 2. The number of amides is 2. The van der Waals surface area contributed by atoms with Gasteiger partial charge in [-0.2, -0.15) is 0 Å². The van der Waals surface area contributed by atoms with E-state index in [0.29, 0.717) is 17.6 Å². The quantitative estimate of drug-likeness (QED) is 0.734. The van der Waals surface area contributed by atoms with Crippen molar-refractivity contribution in [1.29, 1.82) is 0 Å². The maximum absolute atomic E-state index is 12.5. The number of nitrogens with zero attached hydrogens (tertiary/aromatic N) is 1. The largest absolute Gasteiger partial charge is 0.348 e. The van der Waals surface area contributed by atoms with Gasteiger partial charge < -0.3 is 16.0 Å². The van der Waals surface area contributed by atoms with E-state index in [9.17, 15) is 9.59 Å². The second kappa shape index (κ2) is 7.38. The maximum atomic E-state index is 12.5. The highest BCUT2D eigenvalue weighted by Gasteiger charge is 2.39. The minimum Gasteiger partial charge on any atom is -0.348 e. The molecular formula is C18H20N4O2S2. The van der Waals surface area contributed by atoms with Crippen LogP contribution in [-0.2, 0) is 4.79 Å². The topological polar surface area (TPSA) is 83.1 Å². The number of nitrogens with one attached hydrogen (secondary N) is 3. The van der Waals surface area contributed by atoms with Gasteiger partial charge in [0.25, 0.3) is 5.91 Å². The summed E-state index contributed by atoms with van der Waals surface area (Å²) < 4.78 is 0.846. The van der Waals surface area contributed by atoms with Crippen molar-refractivity contribution in [3.8, 4) is 0 Å². The van der Waals surface area contributed by atoms with Crippen LogP contribution in [0, 0.1) is 0 Å². The average molecular weight is 389 g/mol. The number of hydrogen-bond acceptors (Lipinski definition) is 6. The normalized spacial score (nSPS) is 23.8. The molecule has 1 aromatic carbocycles. The van der Waals surface area contributed by atoms with E-state index in [-0.39, 0.29) is 17.9 Å². The van der Waals surface area contributed by atoms with Crippen LogP contribution in [0.4, 0.5) is 5.00 Å². The molecule has 2 aliphatic rings. The molecule has 136 valence electrons. The highest BCUT2D eigenvalue weighted by molar-refractivity contribution is 8.01. The molecule has 0 spiro atoms. The van der Waals surface area contributed by atoms with Crippen LogP contribution in [0.5, 0.6) is 0 Å². The van der Waals surface area contributed by atoms with Crippen LogP contribution >= 0.6 is 23.1 Å². The molecule has 2 bridgehead atoms. The number of benzene rings is 1. The molecule has 0 saturated carbocycles. The predicted octanol–water partition coefficient (Wildman–Crippen LogP) is 2.88. The van der Waals surface area contributed by atoms with Crippen LogP contribution in [0.1, 0.15) is 36.5 Å². The maximum Gasteiger partial charge on any atom is 0.251 e. The number of hydrogen-bond donors (Lipinski definition) is 3. The first-order valence-electron chi connectivity index (χ1n) is 8.65. The van der Waals surface area contributed by atoms with Crippen molar-refractivity contribution < 1.29 is 9.59 Å². The van der Waals surface area contributed by atoms with Crippen molar-refractivity contribution in [2.75, 3.05) is 5.32 Å². The molecule has 4 rings (SSSR count). The third kappa shape index (κ3) is 3.92. The lowest BCUT2D eigenvalue weighted by Gasteiger charge is -2.21. The minimum absolute atomic E-state index is 0.0110. The van der Waals surface area contributed by atoms with Crippen LogP contribution in [0.25, 0.3) is 0 Å². The molecule has 0 radical (unpaired) electrons. The standard InChI is InChI=1S/C18H20N4O2S2/c1-10(23)20-16-9-19-18(26-16)25-13-5-2-11(3-6-13)17(24)22-15-8-12-4-7-14(15)21-12/h2-3,5-6,9,12,14-15,21H,4,7-8H2,1H3,(H,20,23)(H,22,24)/t12-,14+,15-/m1/s1. The first kappa shape index (κ1) is 17.5. The first-order valence-corrected chi connectivity index (χ1v) is 10.3. The zero-order valence-electron chi connectivity index (χ0n) is 14.3. The van der Waals surface area contributed by atoms with E-state index in [1.165, 1.54) is 36.4 Å². The Kier molecular flexibility index (Phi) is 4.97. The van der Waals surface area contributed by atoms with Crippen molar-refractivity contribution in [1.82, 2.24) is 15.6 Å². The monoisotopic (exact) mass is 388 g/mol. The molecule has 6 nitrogen and oxygen atoms in total. The summed E-state index contributed by atoms with van der Waals surface area (Å²) in [6.07, 6.45) is 5.06. The summed E-state index contributed by atoms with van der Waals surface area (Å²) in [5.41, 5.74) is 0.676. The molecule has 26 heavy (non-hydrogen) atoms. The Balaban J connectivity index is 1.35. The lowest BCUT2D eigenvalue weighted by atomic mass is 9.95. The summed E-state index contributed by atoms with van der Waals surface area (Å²) in [4.78, 5) is 28.8. The molecule has 0 unspecified atom stereocenters. The number of aromatic nitrogens is 1. The van der Waals surface area contributed by atoms with Crippen molar-refractivity contribution in [3.63, 3.8) is 0 Å². The number of rotatable bonds is 5. The van der Waals surface area contributed by atoms with E-state index in [0.717, 1.165) is 27.1 Å². The van der Waals surface area contributed by atoms with Gasteiger partial charge in [0.05, 0.1) is 6.20 Å². The van der Waals surface area contributed by atoms with Crippen LogP contribution in [0.2, 0.25) is 0 Å². The van der Waals surface area contributed by atoms with Crippen LogP contribution in [0.3, 0.4) is 0 Å². The Bertz CT molecular complexity index is 821. The van der Waals surface area contributed by atoms with E-state index in [1.807, 2.05) is 24.3 Å². The molecule has 8 heteroatoms. The number of thiazole rings is 1. The summed E-state index contributed by atoms with van der Waals surface area (Å²) in [5, 5.41) is 10.2. The molecule has 3 atom stereocenters. The molecule has 2 aliphatic heterocycles. The van der Waals surface area contributed by atoms with E-state index >= 15 is 0 Å². The Morgan fingerprint density at radius 3 is 2.73 bits per heavy atom. The van der Waals surface area contributed by atoms with E-state index in [4.69, 9.17) is 0 Å². The number of carbonyl (C=O) groups is 2. The highest BCUT2D eigenvalue weighted by atomic mass is 32.2. The van der Waals surface area contributed by atoms with Gasteiger partial charge in [-0.15, -0.1) is 0 Å². The summed E-state index contributed by atoms with van der Waals surface area (Å²) in [6, 6.07) is 8.81. The highest BCUT2D eigenvalue weighted by Crippen LogP contribution is 2.33. The van der Waals surface area contributed by atoms with Crippen LogP contribution in [-0.4, -0.2) is 34.9 Å². The summed E-state index contributed by atoms with van der Waals surface area (Å²) in [7, 11) is 0. The van der Waals surface area contributed by atoms with Gasteiger partial charge in [-0.05, 0) is 43.5 Å². The fourth-order valence-electron chi connectivity index (χ4n) is 3.55. The summed E-state index contributed by atoms with van der Waals surface area (Å²) >= 11 is 2.94.